The number of hydrogen-bond acceptors (Lipinski definition) is 4. The molecular weight excluding hydrogens is 316 g/mol. The number of piperidine rings is 1. The zero-order chi connectivity index (χ0) is 17.6. The molecule has 0 radical (unpaired) electrons. The molecule has 2 aromatic heterocycles. The summed E-state index contributed by atoms with van der Waals surface area (Å²) in [4.78, 5) is 30.5. The standard InChI is InChI=1S/C19H24N4O2/c1-15-6-2-3-12-22(15)18(24)8-5-13-23-19(25)10-9-17(21-23)16-7-4-11-20-14-16/h4,7,9-11,14-15H,2-3,5-6,8,12-13H2,1H3. The number of likely N-dealkylation sites (tertiary alicyclic amines) is 1. The third kappa shape index (κ3) is 4.32. The van der Waals surface area contributed by atoms with Crippen LogP contribution in [-0.2, 0) is 11.3 Å². The average Bonchev–Trinajstić information content (AvgIpc) is 2.64. The van der Waals surface area contributed by atoms with E-state index in [2.05, 4.69) is 17.0 Å². The molecule has 1 fully saturated rings. The molecule has 1 amide bonds. The summed E-state index contributed by atoms with van der Waals surface area (Å²) < 4.78 is 1.44. The number of rotatable bonds is 5. The third-order valence-corrected chi connectivity index (χ3v) is 4.71. The van der Waals surface area contributed by atoms with Crippen molar-refractivity contribution in [3.8, 4) is 11.3 Å². The molecular formula is C19H24N4O2. The lowest BCUT2D eigenvalue weighted by Gasteiger charge is -2.33. The maximum Gasteiger partial charge on any atom is 0.266 e. The van der Waals surface area contributed by atoms with Crippen LogP contribution in [0.1, 0.15) is 39.0 Å². The van der Waals surface area contributed by atoms with E-state index >= 15 is 0 Å². The van der Waals surface area contributed by atoms with Crippen LogP contribution in [-0.4, -0.2) is 38.2 Å². The van der Waals surface area contributed by atoms with Crippen LogP contribution in [0.15, 0.2) is 41.5 Å². The molecule has 0 aromatic carbocycles. The zero-order valence-electron chi connectivity index (χ0n) is 14.6. The summed E-state index contributed by atoms with van der Waals surface area (Å²) in [5, 5.41) is 4.41. The zero-order valence-corrected chi connectivity index (χ0v) is 14.6. The number of aromatic nitrogens is 3. The molecule has 0 spiro atoms. The minimum atomic E-state index is -0.147. The van der Waals surface area contributed by atoms with Gasteiger partial charge in [-0.2, -0.15) is 5.10 Å². The maximum absolute atomic E-state index is 12.4. The van der Waals surface area contributed by atoms with E-state index < -0.39 is 0 Å². The van der Waals surface area contributed by atoms with E-state index in [4.69, 9.17) is 0 Å². The van der Waals surface area contributed by atoms with Gasteiger partial charge in [-0.3, -0.25) is 14.6 Å². The maximum atomic E-state index is 12.4. The number of nitrogens with zero attached hydrogens (tertiary/aromatic N) is 4. The Morgan fingerprint density at radius 1 is 1.28 bits per heavy atom. The lowest BCUT2D eigenvalue weighted by Crippen LogP contribution is -2.42. The molecule has 1 aliphatic heterocycles. The summed E-state index contributed by atoms with van der Waals surface area (Å²) in [6.07, 6.45) is 7.86. The van der Waals surface area contributed by atoms with Crippen molar-refractivity contribution in [3.05, 3.63) is 47.0 Å². The van der Waals surface area contributed by atoms with Crippen molar-refractivity contribution in [1.82, 2.24) is 19.7 Å². The van der Waals surface area contributed by atoms with Gasteiger partial charge in [-0.25, -0.2) is 4.68 Å². The molecule has 0 bridgehead atoms. The Hall–Kier alpha value is -2.50. The number of hydrogen-bond donors (Lipinski definition) is 0. The van der Waals surface area contributed by atoms with Crippen LogP contribution in [0.2, 0.25) is 0 Å². The summed E-state index contributed by atoms with van der Waals surface area (Å²) >= 11 is 0. The van der Waals surface area contributed by atoms with E-state index in [9.17, 15) is 9.59 Å². The summed E-state index contributed by atoms with van der Waals surface area (Å²) in [5.41, 5.74) is 1.43. The Bertz CT molecular complexity index is 772. The highest BCUT2D eigenvalue weighted by atomic mass is 16.2. The van der Waals surface area contributed by atoms with E-state index in [1.807, 2.05) is 17.0 Å². The summed E-state index contributed by atoms with van der Waals surface area (Å²) in [7, 11) is 0. The van der Waals surface area contributed by atoms with Gasteiger partial charge in [-0.05, 0) is 50.8 Å². The predicted octanol–water partition coefficient (Wildman–Crippen LogP) is 2.49. The van der Waals surface area contributed by atoms with Crippen molar-refractivity contribution < 1.29 is 4.79 Å². The smallest absolute Gasteiger partial charge is 0.266 e. The van der Waals surface area contributed by atoms with Gasteiger partial charge in [0.25, 0.3) is 5.56 Å². The van der Waals surface area contributed by atoms with E-state index in [0.717, 1.165) is 24.9 Å². The van der Waals surface area contributed by atoms with Crippen molar-refractivity contribution in [2.45, 2.75) is 51.6 Å². The molecule has 1 saturated heterocycles. The van der Waals surface area contributed by atoms with Crippen LogP contribution in [0, 0.1) is 0 Å². The second kappa shape index (κ2) is 8.05. The van der Waals surface area contributed by atoms with Gasteiger partial charge < -0.3 is 4.90 Å². The molecule has 3 heterocycles. The molecule has 132 valence electrons. The van der Waals surface area contributed by atoms with Crippen LogP contribution < -0.4 is 5.56 Å². The first-order valence-electron chi connectivity index (χ1n) is 8.93. The molecule has 25 heavy (non-hydrogen) atoms. The lowest BCUT2D eigenvalue weighted by atomic mass is 10.0. The first-order valence-corrected chi connectivity index (χ1v) is 8.93. The number of carbonyl (C=O) groups is 1. The van der Waals surface area contributed by atoms with Gasteiger partial charge >= 0.3 is 0 Å². The fraction of sp³-hybridized carbons (Fsp3) is 0.474. The quantitative estimate of drug-likeness (QED) is 0.838. The Morgan fingerprint density at radius 3 is 2.92 bits per heavy atom. The first-order chi connectivity index (χ1) is 12.1. The van der Waals surface area contributed by atoms with E-state index in [1.54, 1.807) is 18.5 Å². The van der Waals surface area contributed by atoms with E-state index in [1.165, 1.54) is 17.2 Å². The molecule has 6 nitrogen and oxygen atoms in total. The van der Waals surface area contributed by atoms with Crippen LogP contribution in [0.4, 0.5) is 0 Å². The Labute approximate surface area is 147 Å². The lowest BCUT2D eigenvalue weighted by molar-refractivity contribution is -0.134. The van der Waals surface area contributed by atoms with Crippen molar-refractivity contribution in [2.24, 2.45) is 0 Å². The second-order valence-electron chi connectivity index (χ2n) is 6.56. The van der Waals surface area contributed by atoms with Gasteiger partial charge in [0, 0.05) is 49.6 Å². The van der Waals surface area contributed by atoms with Crippen LogP contribution in [0.25, 0.3) is 11.3 Å². The number of carbonyl (C=O) groups excluding carboxylic acids is 1. The van der Waals surface area contributed by atoms with Crippen molar-refractivity contribution in [1.29, 1.82) is 0 Å². The Kier molecular flexibility index (Phi) is 5.58. The second-order valence-corrected chi connectivity index (χ2v) is 6.56. The molecule has 2 aromatic rings. The number of pyridine rings is 1. The van der Waals surface area contributed by atoms with Crippen LogP contribution in [0.5, 0.6) is 0 Å². The summed E-state index contributed by atoms with van der Waals surface area (Å²) in [6, 6.07) is 7.30. The Morgan fingerprint density at radius 2 is 2.16 bits per heavy atom. The summed E-state index contributed by atoms with van der Waals surface area (Å²) in [5.74, 6) is 0.184. The molecule has 0 aliphatic carbocycles. The Balaban J connectivity index is 1.61. The highest BCUT2D eigenvalue weighted by Gasteiger charge is 2.22. The monoisotopic (exact) mass is 340 g/mol. The molecule has 1 atom stereocenters. The fourth-order valence-electron chi connectivity index (χ4n) is 3.27. The molecule has 0 saturated carbocycles. The SMILES string of the molecule is CC1CCCCN1C(=O)CCCn1nc(-c2cccnc2)ccc1=O. The van der Waals surface area contributed by atoms with Crippen LogP contribution in [0.3, 0.4) is 0 Å². The molecule has 3 rings (SSSR count). The van der Waals surface area contributed by atoms with Crippen LogP contribution >= 0.6 is 0 Å². The number of aryl methyl sites for hydroxylation is 1. The van der Waals surface area contributed by atoms with Gasteiger partial charge in [0.15, 0.2) is 0 Å². The third-order valence-electron chi connectivity index (χ3n) is 4.71. The molecule has 0 N–H and O–H groups in total. The fourth-order valence-corrected chi connectivity index (χ4v) is 3.27. The highest BCUT2D eigenvalue weighted by molar-refractivity contribution is 5.76. The molecule has 6 heteroatoms. The topological polar surface area (TPSA) is 68.1 Å². The van der Waals surface area contributed by atoms with Crippen molar-refractivity contribution in [3.63, 3.8) is 0 Å². The predicted molar refractivity (Wildman–Crippen MR) is 96.0 cm³/mol. The van der Waals surface area contributed by atoms with Gasteiger partial charge in [0.2, 0.25) is 5.91 Å². The number of amides is 1. The first kappa shape index (κ1) is 17.3. The van der Waals surface area contributed by atoms with Gasteiger partial charge in [0.1, 0.15) is 0 Å². The molecule has 1 unspecified atom stereocenters. The highest BCUT2D eigenvalue weighted by Crippen LogP contribution is 2.18. The largest absolute Gasteiger partial charge is 0.340 e. The van der Waals surface area contributed by atoms with Crippen molar-refractivity contribution >= 4 is 5.91 Å². The van der Waals surface area contributed by atoms with E-state index in [-0.39, 0.29) is 11.5 Å². The summed E-state index contributed by atoms with van der Waals surface area (Å²) in [6.45, 7) is 3.41. The minimum absolute atomic E-state index is 0.147. The van der Waals surface area contributed by atoms with E-state index in [0.29, 0.717) is 31.1 Å². The minimum Gasteiger partial charge on any atom is -0.340 e. The molecule has 1 aliphatic rings. The van der Waals surface area contributed by atoms with Gasteiger partial charge in [-0.1, -0.05) is 0 Å². The average molecular weight is 340 g/mol. The normalized spacial score (nSPS) is 17.5. The van der Waals surface area contributed by atoms with Gasteiger partial charge in [0.05, 0.1) is 5.69 Å². The van der Waals surface area contributed by atoms with Gasteiger partial charge in [-0.15, -0.1) is 0 Å². The van der Waals surface area contributed by atoms with Crippen molar-refractivity contribution in [2.75, 3.05) is 6.54 Å².